The molecular weight excluding hydrogens is 430 g/mol. The number of hydrogen-bond acceptors (Lipinski definition) is 6. The molecule has 7 heteroatoms. The van der Waals surface area contributed by atoms with Gasteiger partial charge in [0, 0.05) is 16.8 Å². The molecule has 2 aliphatic rings. The van der Waals surface area contributed by atoms with Crippen LogP contribution in [0.5, 0.6) is 0 Å². The van der Waals surface area contributed by atoms with Crippen LogP contribution in [-0.4, -0.2) is 41.9 Å². The first-order valence-corrected chi connectivity index (χ1v) is 10.8. The summed E-state index contributed by atoms with van der Waals surface area (Å²) in [5.41, 5.74) is 2.23. The zero-order valence-corrected chi connectivity index (χ0v) is 18.5. The molecule has 32 heavy (non-hydrogen) atoms. The first-order chi connectivity index (χ1) is 15.5. The van der Waals surface area contributed by atoms with Crippen LogP contribution in [0, 0.1) is 0 Å². The van der Waals surface area contributed by atoms with Crippen molar-refractivity contribution in [1.82, 2.24) is 4.90 Å². The Bertz CT molecular complexity index is 1140. The molecule has 2 unspecified atom stereocenters. The Morgan fingerprint density at radius 3 is 2.19 bits per heavy atom. The molecule has 0 amide bonds. The molecule has 0 spiro atoms. The zero-order chi connectivity index (χ0) is 22.8. The number of esters is 2. The summed E-state index contributed by atoms with van der Waals surface area (Å²) in [4.78, 5) is 41.6. The number of Topliss-reactive ketones (excluding diaryl/α,β-unsaturated/α-hetero) is 1. The summed E-state index contributed by atoms with van der Waals surface area (Å²) in [6.07, 6.45) is 3.61. The molecule has 164 valence electrons. The minimum atomic E-state index is -1.04. The van der Waals surface area contributed by atoms with E-state index in [1.165, 1.54) is 0 Å². The SMILES string of the molecule is CCOC(=O)C1=C(C(=O)OCC)C2c3ccccc3C=CN2C1C(=O)c1ccc(Cl)cc1. The Morgan fingerprint density at radius 1 is 0.906 bits per heavy atom. The second-order valence-corrected chi connectivity index (χ2v) is 7.77. The third kappa shape index (κ3) is 3.71. The molecule has 2 atom stereocenters. The van der Waals surface area contributed by atoms with Gasteiger partial charge in [0.1, 0.15) is 6.04 Å². The van der Waals surface area contributed by atoms with Crippen molar-refractivity contribution in [2.75, 3.05) is 13.2 Å². The monoisotopic (exact) mass is 451 g/mol. The summed E-state index contributed by atoms with van der Waals surface area (Å²) in [5.74, 6) is -1.68. The summed E-state index contributed by atoms with van der Waals surface area (Å²) >= 11 is 5.99. The van der Waals surface area contributed by atoms with E-state index in [2.05, 4.69) is 0 Å². The fourth-order valence-electron chi connectivity index (χ4n) is 4.21. The number of halogens is 1. The predicted octanol–water partition coefficient (Wildman–Crippen LogP) is 4.36. The quantitative estimate of drug-likeness (QED) is 0.480. The number of hydrogen-bond donors (Lipinski definition) is 0. The van der Waals surface area contributed by atoms with E-state index in [0.29, 0.717) is 10.6 Å². The molecule has 6 nitrogen and oxygen atoms in total. The molecule has 2 aromatic carbocycles. The molecule has 0 saturated carbocycles. The molecule has 0 radical (unpaired) electrons. The van der Waals surface area contributed by atoms with Crippen LogP contribution >= 0.6 is 11.6 Å². The highest BCUT2D eigenvalue weighted by atomic mass is 35.5. The van der Waals surface area contributed by atoms with Crippen LogP contribution in [0.3, 0.4) is 0 Å². The smallest absolute Gasteiger partial charge is 0.337 e. The first kappa shape index (κ1) is 21.8. The molecule has 2 aliphatic heterocycles. The lowest BCUT2D eigenvalue weighted by Crippen LogP contribution is -2.39. The maximum atomic E-state index is 13.7. The van der Waals surface area contributed by atoms with E-state index >= 15 is 0 Å². The van der Waals surface area contributed by atoms with E-state index in [-0.39, 0.29) is 30.1 Å². The van der Waals surface area contributed by atoms with Crippen molar-refractivity contribution < 1.29 is 23.9 Å². The van der Waals surface area contributed by atoms with E-state index in [4.69, 9.17) is 21.1 Å². The van der Waals surface area contributed by atoms with Crippen molar-refractivity contribution in [3.8, 4) is 0 Å². The first-order valence-electron chi connectivity index (χ1n) is 10.4. The Hall–Kier alpha value is -3.38. The minimum Gasteiger partial charge on any atom is -0.463 e. The number of carbonyl (C=O) groups excluding carboxylic acids is 3. The van der Waals surface area contributed by atoms with E-state index in [9.17, 15) is 14.4 Å². The molecule has 0 aromatic heterocycles. The van der Waals surface area contributed by atoms with Crippen LogP contribution in [-0.2, 0) is 19.1 Å². The molecule has 2 aromatic rings. The molecule has 0 saturated heterocycles. The summed E-state index contributed by atoms with van der Waals surface area (Å²) < 4.78 is 10.6. The van der Waals surface area contributed by atoms with Gasteiger partial charge in [0.05, 0.1) is 30.4 Å². The fourth-order valence-corrected chi connectivity index (χ4v) is 4.33. The Kier molecular flexibility index (Phi) is 6.15. The number of ketones is 1. The van der Waals surface area contributed by atoms with Gasteiger partial charge in [0.15, 0.2) is 5.78 Å². The molecule has 0 fully saturated rings. The van der Waals surface area contributed by atoms with Gasteiger partial charge in [-0.2, -0.15) is 0 Å². The highest BCUT2D eigenvalue weighted by Gasteiger charge is 2.51. The van der Waals surface area contributed by atoms with Crippen LogP contribution in [0.4, 0.5) is 0 Å². The van der Waals surface area contributed by atoms with E-state index < -0.39 is 24.0 Å². The van der Waals surface area contributed by atoms with Gasteiger partial charge in [0.25, 0.3) is 0 Å². The maximum absolute atomic E-state index is 13.7. The normalized spacial score (nSPS) is 18.8. The van der Waals surface area contributed by atoms with Crippen LogP contribution < -0.4 is 0 Å². The van der Waals surface area contributed by atoms with Gasteiger partial charge in [-0.25, -0.2) is 9.59 Å². The van der Waals surface area contributed by atoms with E-state index in [0.717, 1.165) is 11.1 Å². The molecule has 2 heterocycles. The van der Waals surface area contributed by atoms with Crippen molar-refractivity contribution in [3.05, 3.63) is 87.6 Å². The number of rotatable bonds is 6. The number of ether oxygens (including phenoxy) is 2. The standard InChI is InChI=1S/C25H22ClNO5/c1-3-31-24(29)19-20(25(30)32-4-2)22(23(28)16-9-11-17(26)12-10-16)27-14-13-15-7-5-6-8-18(15)21(19)27/h5-14,21-22H,3-4H2,1-2H3. The fraction of sp³-hybridized carbons (Fsp3) is 0.240. The number of nitrogens with zero attached hydrogens (tertiary/aromatic N) is 1. The lowest BCUT2D eigenvalue weighted by molar-refractivity contribution is -0.141. The average molecular weight is 452 g/mol. The minimum absolute atomic E-state index is 0.0107. The highest BCUT2D eigenvalue weighted by Crippen LogP contribution is 2.46. The van der Waals surface area contributed by atoms with Crippen molar-refractivity contribution in [1.29, 1.82) is 0 Å². The molecular formula is C25H22ClNO5. The van der Waals surface area contributed by atoms with E-state index in [1.807, 2.05) is 30.3 Å². The van der Waals surface area contributed by atoms with Crippen LogP contribution in [0.15, 0.2) is 65.9 Å². The molecule has 4 rings (SSSR count). The van der Waals surface area contributed by atoms with Crippen LogP contribution in [0.1, 0.15) is 41.4 Å². The van der Waals surface area contributed by atoms with Crippen LogP contribution in [0.2, 0.25) is 5.02 Å². The van der Waals surface area contributed by atoms with Crippen LogP contribution in [0.25, 0.3) is 6.08 Å². The zero-order valence-electron chi connectivity index (χ0n) is 17.7. The summed E-state index contributed by atoms with van der Waals surface area (Å²) in [6.45, 7) is 3.62. The van der Waals surface area contributed by atoms with Crippen molar-refractivity contribution in [2.45, 2.75) is 25.9 Å². The van der Waals surface area contributed by atoms with Crippen molar-refractivity contribution in [3.63, 3.8) is 0 Å². The number of benzene rings is 2. The van der Waals surface area contributed by atoms with Crippen molar-refractivity contribution >= 4 is 35.4 Å². The topological polar surface area (TPSA) is 72.9 Å². The summed E-state index contributed by atoms with van der Waals surface area (Å²) in [6, 6.07) is 12.3. The lowest BCUT2D eigenvalue weighted by Gasteiger charge is -2.34. The second kappa shape index (κ2) is 9.01. The molecule has 0 bridgehead atoms. The van der Waals surface area contributed by atoms with Gasteiger partial charge in [-0.3, -0.25) is 4.79 Å². The largest absolute Gasteiger partial charge is 0.463 e. The third-order valence-electron chi connectivity index (χ3n) is 5.52. The number of fused-ring (bicyclic) bond motifs is 3. The van der Waals surface area contributed by atoms with Gasteiger partial charge in [-0.1, -0.05) is 35.9 Å². The predicted molar refractivity (Wildman–Crippen MR) is 120 cm³/mol. The average Bonchev–Trinajstić information content (AvgIpc) is 3.15. The van der Waals surface area contributed by atoms with Gasteiger partial charge in [-0.15, -0.1) is 0 Å². The lowest BCUT2D eigenvalue weighted by atomic mass is 9.91. The summed E-state index contributed by atoms with van der Waals surface area (Å²) in [7, 11) is 0. The third-order valence-corrected chi connectivity index (χ3v) is 5.77. The molecule has 0 aliphatic carbocycles. The highest BCUT2D eigenvalue weighted by molar-refractivity contribution is 6.30. The Labute approximate surface area is 191 Å². The number of carbonyl (C=O) groups is 3. The van der Waals surface area contributed by atoms with Gasteiger partial charge in [0.2, 0.25) is 0 Å². The van der Waals surface area contributed by atoms with Crippen molar-refractivity contribution in [2.24, 2.45) is 0 Å². The molecule has 0 N–H and O–H groups in total. The Balaban J connectivity index is 1.93. The summed E-state index contributed by atoms with van der Waals surface area (Å²) in [5, 5.41) is 0.492. The van der Waals surface area contributed by atoms with Gasteiger partial charge < -0.3 is 14.4 Å². The van der Waals surface area contributed by atoms with Gasteiger partial charge in [-0.05, 0) is 55.3 Å². The maximum Gasteiger partial charge on any atom is 0.337 e. The van der Waals surface area contributed by atoms with E-state index in [1.54, 1.807) is 49.2 Å². The Morgan fingerprint density at radius 2 is 1.53 bits per heavy atom. The van der Waals surface area contributed by atoms with Gasteiger partial charge >= 0.3 is 11.9 Å². The second-order valence-electron chi connectivity index (χ2n) is 7.34.